The van der Waals surface area contributed by atoms with Crippen molar-refractivity contribution in [1.29, 1.82) is 0 Å². The van der Waals surface area contributed by atoms with Crippen LogP contribution in [0.15, 0.2) is 54.6 Å². The molecular formula is C28H38O7Si. The van der Waals surface area contributed by atoms with Crippen molar-refractivity contribution in [3.8, 4) is 5.75 Å². The van der Waals surface area contributed by atoms with Crippen molar-refractivity contribution in [1.82, 2.24) is 0 Å². The zero-order chi connectivity index (χ0) is 26.6. The summed E-state index contributed by atoms with van der Waals surface area (Å²) in [5.41, 5.74) is 0.240. The van der Waals surface area contributed by atoms with E-state index in [-0.39, 0.29) is 18.3 Å². The topological polar surface area (TPSA) is 80.3 Å². The first-order valence-electron chi connectivity index (χ1n) is 12.2. The number of esters is 2. The zero-order valence-electron chi connectivity index (χ0n) is 22.3. The van der Waals surface area contributed by atoms with Gasteiger partial charge in [0.15, 0.2) is 14.4 Å². The van der Waals surface area contributed by atoms with E-state index in [1.807, 2.05) is 30.3 Å². The van der Waals surface area contributed by atoms with E-state index in [4.69, 9.17) is 23.4 Å². The van der Waals surface area contributed by atoms with Gasteiger partial charge < -0.3 is 23.4 Å². The summed E-state index contributed by atoms with van der Waals surface area (Å²) in [5.74, 6) is -0.174. The van der Waals surface area contributed by atoms with Crippen molar-refractivity contribution >= 4 is 20.3 Å². The van der Waals surface area contributed by atoms with E-state index in [9.17, 15) is 9.59 Å². The molecule has 1 aliphatic rings. The largest absolute Gasteiger partial charge is 0.497 e. The summed E-state index contributed by atoms with van der Waals surface area (Å²) in [7, 11) is -0.685. The monoisotopic (exact) mass is 514 g/mol. The smallest absolute Gasteiger partial charge is 0.338 e. The number of methoxy groups -OCH3 is 1. The van der Waals surface area contributed by atoms with Gasteiger partial charge in [-0.1, -0.05) is 51.1 Å². The first kappa shape index (κ1) is 27.9. The predicted octanol–water partition coefficient (Wildman–Crippen LogP) is 5.39. The van der Waals surface area contributed by atoms with Gasteiger partial charge in [-0.2, -0.15) is 0 Å². The molecule has 3 atom stereocenters. The molecule has 0 amide bonds. The van der Waals surface area contributed by atoms with Crippen LogP contribution in [-0.2, 0) is 30.0 Å². The molecule has 0 aliphatic carbocycles. The maximum Gasteiger partial charge on any atom is 0.338 e. The molecular weight excluding hydrogens is 476 g/mol. The Kier molecular flexibility index (Phi) is 8.64. The Morgan fingerprint density at radius 2 is 1.69 bits per heavy atom. The molecule has 196 valence electrons. The fraction of sp³-hybridized carbons (Fsp3) is 0.500. The minimum Gasteiger partial charge on any atom is -0.497 e. The Hall–Kier alpha value is -2.68. The summed E-state index contributed by atoms with van der Waals surface area (Å²) >= 11 is 0. The fourth-order valence-electron chi connectivity index (χ4n) is 3.71. The third kappa shape index (κ3) is 6.35. The van der Waals surface area contributed by atoms with E-state index in [1.54, 1.807) is 38.3 Å². The highest BCUT2D eigenvalue weighted by Crippen LogP contribution is 2.44. The molecule has 7 nitrogen and oxygen atoms in total. The first-order chi connectivity index (χ1) is 16.9. The van der Waals surface area contributed by atoms with Crippen molar-refractivity contribution in [2.45, 2.75) is 64.6 Å². The lowest BCUT2D eigenvalue weighted by atomic mass is 9.85. The molecule has 0 N–H and O–H groups in total. The maximum atomic E-state index is 13.2. The number of rotatable bonds is 10. The molecule has 3 rings (SSSR count). The Balaban J connectivity index is 1.75. The lowest BCUT2D eigenvalue weighted by molar-refractivity contribution is -0.151. The van der Waals surface area contributed by atoms with E-state index < -0.39 is 37.9 Å². The number of hydrogen-bond acceptors (Lipinski definition) is 7. The highest BCUT2D eigenvalue weighted by atomic mass is 28.4. The SMILES string of the molecule is COc1ccc(COC[C@H]2OC(=O)[C@](C)(COC(=O)c3ccccc3)C2O[Si](C)(C)C(C)(C)C)cc1. The summed E-state index contributed by atoms with van der Waals surface area (Å²) in [6.45, 7) is 12.8. The van der Waals surface area contributed by atoms with Crippen molar-refractivity contribution in [2.75, 3.05) is 20.3 Å². The van der Waals surface area contributed by atoms with Gasteiger partial charge >= 0.3 is 11.9 Å². The molecule has 1 saturated heterocycles. The molecule has 0 saturated carbocycles. The van der Waals surface area contributed by atoms with Gasteiger partial charge in [0.1, 0.15) is 23.9 Å². The van der Waals surface area contributed by atoms with Gasteiger partial charge in [0.2, 0.25) is 0 Å². The molecule has 2 aromatic rings. The second-order valence-corrected chi connectivity index (χ2v) is 15.7. The van der Waals surface area contributed by atoms with Gasteiger partial charge in [0.05, 0.1) is 25.9 Å². The minimum absolute atomic E-state index is 0.0885. The molecule has 2 aromatic carbocycles. The van der Waals surface area contributed by atoms with Crippen LogP contribution in [0.1, 0.15) is 43.6 Å². The predicted molar refractivity (Wildman–Crippen MR) is 139 cm³/mol. The van der Waals surface area contributed by atoms with Gasteiger partial charge in [0.25, 0.3) is 0 Å². The normalized spacial score (nSPS) is 22.2. The van der Waals surface area contributed by atoms with Crippen LogP contribution in [0.2, 0.25) is 18.1 Å². The van der Waals surface area contributed by atoms with Gasteiger partial charge in [-0.15, -0.1) is 0 Å². The van der Waals surface area contributed by atoms with Crippen LogP contribution in [0.3, 0.4) is 0 Å². The number of ether oxygens (including phenoxy) is 4. The molecule has 0 aromatic heterocycles. The van der Waals surface area contributed by atoms with Crippen LogP contribution in [0, 0.1) is 5.41 Å². The quantitative estimate of drug-likeness (QED) is 0.311. The lowest BCUT2D eigenvalue weighted by Gasteiger charge is -2.42. The number of hydrogen-bond donors (Lipinski definition) is 0. The van der Waals surface area contributed by atoms with Crippen molar-refractivity contribution in [2.24, 2.45) is 5.41 Å². The van der Waals surface area contributed by atoms with Gasteiger partial charge in [0, 0.05) is 0 Å². The summed E-state index contributed by atoms with van der Waals surface area (Å²) in [5, 5.41) is -0.0885. The van der Waals surface area contributed by atoms with Crippen molar-refractivity contribution in [3.05, 3.63) is 65.7 Å². The third-order valence-electron chi connectivity index (χ3n) is 7.14. The third-order valence-corrected chi connectivity index (χ3v) is 11.6. The zero-order valence-corrected chi connectivity index (χ0v) is 23.3. The van der Waals surface area contributed by atoms with Crippen molar-refractivity contribution in [3.63, 3.8) is 0 Å². The molecule has 1 fully saturated rings. The number of benzene rings is 2. The second kappa shape index (κ2) is 11.1. The minimum atomic E-state index is -2.31. The maximum absolute atomic E-state index is 13.2. The summed E-state index contributed by atoms with van der Waals surface area (Å²) in [4.78, 5) is 25.8. The van der Waals surface area contributed by atoms with Gasteiger partial charge in [-0.05, 0) is 54.9 Å². The van der Waals surface area contributed by atoms with E-state index in [0.29, 0.717) is 12.2 Å². The van der Waals surface area contributed by atoms with E-state index in [1.165, 1.54) is 0 Å². The molecule has 0 radical (unpaired) electrons. The lowest BCUT2D eigenvalue weighted by Crippen LogP contribution is -2.52. The van der Waals surface area contributed by atoms with Crippen LogP contribution in [0.5, 0.6) is 5.75 Å². The van der Waals surface area contributed by atoms with Crippen LogP contribution in [0.4, 0.5) is 0 Å². The standard InChI is InChI=1S/C28H38O7Si/c1-27(2,3)36(6,7)35-24-23(18-32-17-20-13-15-22(31-5)16-14-20)34-26(30)28(24,4)19-33-25(29)21-11-9-8-10-12-21/h8-16,23-24H,17-19H2,1-7H3/t23-,24?,28-/m1/s1. The number of carbonyl (C=O) groups excluding carboxylic acids is 2. The average Bonchev–Trinajstić information content (AvgIpc) is 3.07. The average molecular weight is 515 g/mol. The van der Waals surface area contributed by atoms with Crippen LogP contribution < -0.4 is 4.74 Å². The van der Waals surface area contributed by atoms with E-state index in [2.05, 4.69) is 33.9 Å². The van der Waals surface area contributed by atoms with Crippen molar-refractivity contribution < 1.29 is 33.0 Å². The Morgan fingerprint density at radius 1 is 1.06 bits per heavy atom. The summed E-state index contributed by atoms with van der Waals surface area (Å²) in [6.07, 6.45) is -1.24. The molecule has 8 heteroatoms. The number of cyclic esters (lactones) is 1. The van der Waals surface area contributed by atoms with Gasteiger partial charge in [-0.3, -0.25) is 4.79 Å². The Morgan fingerprint density at radius 3 is 2.28 bits per heavy atom. The molecule has 1 heterocycles. The fourth-order valence-corrected chi connectivity index (χ4v) is 5.11. The van der Waals surface area contributed by atoms with Gasteiger partial charge in [-0.25, -0.2) is 4.79 Å². The molecule has 1 unspecified atom stereocenters. The summed E-state index contributed by atoms with van der Waals surface area (Å²) < 4.78 is 29.3. The Labute approximate surface area is 215 Å². The summed E-state index contributed by atoms with van der Waals surface area (Å²) in [6, 6.07) is 16.3. The van der Waals surface area contributed by atoms with Crippen LogP contribution in [0.25, 0.3) is 0 Å². The molecule has 0 spiro atoms. The molecule has 36 heavy (non-hydrogen) atoms. The van der Waals surface area contributed by atoms with E-state index in [0.717, 1.165) is 11.3 Å². The van der Waals surface area contributed by atoms with Crippen LogP contribution in [-0.4, -0.2) is 52.8 Å². The second-order valence-electron chi connectivity index (χ2n) is 11.0. The van der Waals surface area contributed by atoms with Crippen LogP contribution >= 0.6 is 0 Å². The first-order valence-corrected chi connectivity index (χ1v) is 15.1. The highest BCUT2D eigenvalue weighted by molar-refractivity contribution is 6.74. The number of carbonyl (C=O) groups is 2. The van der Waals surface area contributed by atoms with E-state index >= 15 is 0 Å². The Bertz CT molecular complexity index is 1030. The highest BCUT2D eigenvalue weighted by Gasteiger charge is 2.58. The molecule has 1 aliphatic heterocycles. The molecule has 0 bridgehead atoms.